The van der Waals surface area contributed by atoms with Crippen molar-refractivity contribution >= 4 is 40.0 Å². The first-order valence-corrected chi connectivity index (χ1v) is 5.22. The van der Waals surface area contributed by atoms with Gasteiger partial charge in [0, 0.05) is 6.07 Å². The minimum absolute atomic E-state index is 0.349. The molecule has 1 heterocycles. The van der Waals surface area contributed by atoms with Crippen LogP contribution in [0.25, 0.3) is 0 Å². The zero-order valence-electron chi connectivity index (χ0n) is 7.27. The molecule has 5 nitrogen and oxygen atoms in total. The molecule has 0 spiro atoms. The standard InChI is InChI=1S/C7H7ClN4OS/c1-14-7(9-3-8)12-5-2-6(13)11-4-10-5/h2-4H,1H3,(H,10,11,13)/b9-3+,12-7+. The fourth-order valence-electron chi connectivity index (χ4n) is 0.694. The number of aromatic amines is 1. The van der Waals surface area contributed by atoms with E-state index in [-0.39, 0.29) is 5.56 Å². The maximum Gasteiger partial charge on any atom is 0.274 e. The molecule has 0 aromatic carbocycles. The van der Waals surface area contributed by atoms with Crippen LogP contribution in [0.4, 0.5) is 5.82 Å². The lowest BCUT2D eigenvalue weighted by atomic mass is 10.6. The van der Waals surface area contributed by atoms with E-state index in [4.69, 9.17) is 11.6 Å². The number of hydrogen-bond donors (Lipinski definition) is 1. The van der Waals surface area contributed by atoms with E-state index >= 15 is 0 Å². The lowest BCUT2D eigenvalue weighted by Crippen LogP contribution is -2.02. The van der Waals surface area contributed by atoms with Crippen molar-refractivity contribution in [3.05, 3.63) is 22.7 Å². The fourth-order valence-corrected chi connectivity index (χ4v) is 1.19. The van der Waals surface area contributed by atoms with Gasteiger partial charge in [0.1, 0.15) is 5.82 Å². The van der Waals surface area contributed by atoms with Gasteiger partial charge in [-0.15, -0.1) is 0 Å². The van der Waals surface area contributed by atoms with Gasteiger partial charge in [-0.05, 0) is 6.26 Å². The predicted molar refractivity (Wildman–Crippen MR) is 59.8 cm³/mol. The summed E-state index contributed by atoms with van der Waals surface area (Å²) in [4.78, 5) is 24.8. The highest BCUT2D eigenvalue weighted by atomic mass is 35.5. The molecule has 0 saturated heterocycles. The van der Waals surface area contributed by atoms with Gasteiger partial charge in [0.15, 0.2) is 5.17 Å². The molecule has 1 aromatic rings. The third kappa shape index (κ3) is 3.31. The van der Waals surface area contributed by atoms with Gasteiger partial charge in [0.05, 0.1) is 12.0 Å². The molecule has 1 N–H and O–H groups in total. The molecular weight excluding hydrogens is 224 g/mol. The summed E-state index contributed by atoms with van der Waals surface area (Å²) in [7, 11) is 0. The van der Waals surface area contributed by atoms with Crippen LogP contribution in [0.5, 0.6) is 0 Å². The van der Waals surface area contributed by atoms with Gasteiger partial charge in [-0.25, -0.2) is 9.98 Å². The van der Waals surface area contributed by atoms with Crippen molar-refractivity contribution in [3.63, 3.8) is 0 Å². The maximum atomic E-state index is 10.8. The Balaban J connectivity index is 3.00. The van der Waals surface area contributed by atoms with E-state index in [0.29, 0.717) is 11.0 Å². The number of hydrogen-bond acceptors (Lipinski definition) is 4. The molecule has 0 radical (unpaired) electrons. The Bertz CT molecular complexity index is 414. The number of halogens is 1. The number of nitrogens with one attached hydrogen (secondary N) is 1. The van der Waals surface area contributed by atoms with Crippen molar-refractivity contribution in [2.75, 3.05) is 6.26 Å². The van der Waals surface area contributed by atoms with Crippen molar-refractivity contribution in [2.24, 2.45) is 9.98 Å². The maximum absolute atomic E-state index is 10.8. The monoisotopic (exact) mass is 230 g/mol. The molecule has 0 saturated carbocycles. The summed E-state index contributed by atoms with van der Waals surface area (Å²) in [6, 6.07) is 1.28. The third-order valence-electron chi connectivity index (χ3n) is 1.22. The van der Waals surface area contributed by atoms with E-state index in [1.807, 2.05) is 6.26 Å². The summed E-state index contributed by atoms with van der Waals surface area (Å²) >= 11 is 6.62. The number of amidine groups is 1. The number of H-pyrrole nitrogens is 1. The van der Waals surface area contributed by atoms with E-state index in [1.54, 1.807) is 0 Å². The second-order valence-electron chi connectivity index (χ2n) is 2.10. The molecular formula is C7H7ClN4OS. The topological polar surface area (TPSA) is 70.5 Å². The third-order valence-corrected chi connectivity index (χ3v) is 1.88. The number of thioether (sulfide) groups is 1. The van der Waals surface area contributed by atoms with Crippen molar-refractivity contribution < 1.29 is 0 Å². The van der Waals surface area contributed by atoms with Crippen LogP contribution in [0.15, 0.2) is 27.2 Å². The summed E-state index contributed by atoms with van der Waals surface area (Å²) in [5.74, 6) is 0.400. The van der Waals surface area contributed by atoms with E-state index in [0.717, 1.165) is 5.67 Å². The van der Waals surface area contributed by atoms with E-state index in [1.165, 1.54) is 24.2 Å². The zero-order chi connectivity index (χ0) is 10.4. The first-order valence-electron chi connectivity index (χ1n) is 3.56. The average molecular weight is 231 g/mol. The highest BCUT2D eigenvalue weighted by molar-refractivity contribution is 8.13. The molecule has 0 fully saturated rings. The van der Waals surface area contributed by atoms with Crippen molar-refractivity contribution in [1.29, 1.82) is 0 Å². The van der Waals surface area contributed by atoms with Gasteiger partial charge in [-0.3, -0.25) is 4.79 Å². The predicted octanol–water partition coefficient (Wildman–Crippen LogP) is 1.39. The molecule has 1 aromatic heterocycles. The molecule has 14 heavy (non-hydrogen) atoms. The van der Waals surface area contributed by atoms with Crippen LogP contribution in [0.1, 0.15) is 0 Å². The van der Waals surface area contributed by atoms with Crippen molar-refractivity contribution in [1.82, 2.24) is 9.97 Å². The van der Waals surface area contributed by atoms with Crippen LogP contribution in [-0.2, 0) is 0 Å². The first kappa shape index (κ1) is 10.9. The largest absolute Gasteiger partial charge is 0.331 e. The van der Waals surface area contributed by atoms with Crippen LogP contribution in [-0.4, -0.2) is 27.1 Å². The molecule has 0 aliphatic carbocycles. The Kier molecular flexibility index (Phi) is 4.34. The first-order chi connectivity index (χ1) is 6.76. The molecule has 0 unspecified atom stereocenters. The Labute approximate surface area is 89.3 Å². The van der Waals surface area contributed by atoms with E-state index < -0.39 is 0 Å². The summed E-state index contributed by atoms with van der Waals surface area (Å²) < 4.78 is 0. The molecule has 0 aliphatic rings. The Morgan fingerprint density at radius 1 is 1.79 bits per heavy atom. The summed E-state index contributed by atoms with van der Waals surface area (Å²) in [6.07, 6.45) is 3.09. The van der Waals surface area contributed by atoms with E-state index in [9.17, 15) is 4.79 Å². The molecule has 0 atom stereocenters. The van der Waals surface area contributed by atoms with Crippen molar-refractivity contribution in [2.45, 2.75) is 0 Å². The van der Waals surface area contributed by atoms with Crippen LogP contribution in [0.3, 0.4) is 0 Å². The summed E-state index contributed by atoms with van der Waals surface area (Å²) in [5, 5.41) is 0.460. The van der Waals surface area contributed by atoms with Gasteiger partial charge >= 0.3 is 0 Å². The van der Waals surface area contributed by atoms with Crippen molar-refractivity contribution in [3.8, 4) is 0 Å². The highest BCUT2D eigenvalue weighted by Crippen LogP contribution is 2.08. The Hall–Kier alpha value is -1.14. The minimum atomic E-state index is -0.349. The quantitative estimate of drug-likeness (QED) is 0.585. The molecule has 7 heteroatoms. The SMILES string of the molecule is CSC(/N=C/Cl)=N/c1cc(=O)nc[nH]1. The fraction of sp³-hybridized carbons (Fsp3) is 0.143. The molecule has 0 aliphatic heterocycles. The molecule has 0 bridgehead atoms. The highest BCUT2D eigenvalue weighted by Gasteiger charge is 1.95. The van der Waals surface area contributed by atoms with E-state index in [2.05, 4.69) is 20.0 Å². The van der Waals surface area contributed by atoms with Crippen LogP contribution in [0, 0.1) is 0 Å². The van der Waals surface area contributed by atoms with Gasteiger partial charge < -0.3 is 4.98 Å². The molecule has 1 rings (SSSR count). The minimum Gasteiger partial charge on any atom is -0.331 e. The van der Waals surface area contributed by atoms with Gasteiger partial charge in [-0.1, -0.05) is 23.4 Å². The lowest BCUT2D eigenvalue weighted by molar-refractivity contribution is 1.11. The number of aromatic nitrogens is 2. The summed E-state index contributed by atoms with van der Waals surface area (Å²) in [5.41, 5.74) is 0.770. The van der Waals surface area contributed by atoms with Crippen LogP contribution < -0.4 is 5.56 Å². The van der Waals surface area contributed by atoms with Crippen LogP contribution in [0.2, 0.25) is 0 Å². The Morgan fingerprint density at radius 2 is 2.57 bits per heavy atom. The normalized spacial score (nSPS) is 12.3. The number of rotatable bonds is 1. The second-order valence-corrected chi connectivity index (χ2v) is 3.06. The lowest BCUT2D eigenvalue weighted by Gasteiger charge is -1.94. The second kappa shape index (κ2) is 5.56. The zero-order valence-corrected chi connectivity index (χ0v) is 8.84. The summed E-state index contributed by atoms with van der Waals surface area (Å²) in [6.45, 7) is 0. The van der Waals surface area contributed by atoms with Gasteiger partial charge in [0.2, 0.25) is 0 Å². The Morgan fingerprint density at radius 3 is 3.14 bits per heavy atom. The number of nitrogens with zero attached hydrogens (tertiary/aromatic N) is 3. The van der Waals surface area contributed by atoms with Crippen LogP contribution >= 0.6 is 23.4 Å². The smallest absolute Gasteiger partial charge is 0.274 e. The average Bonchev–Trinajstić information content (AvgIpc) is 2.17. The van der Waals surface area contributed by atoms with Gasteiger partial charge in [-0.2, -0.15) is 4.98 Å². The molecule has 0 amide bonds. The molecule has 74 valence electrons. The number of aliphatic imine (C=N–C) groups is 2. The van der Waals surface area contributed by atoms with Gasteiger partial charge in [0.25, 0.3) is 5.56 Å².